The Morgan fingerprint density at radius 2 is 1.79 bits per heavy atom. The van der Waals surface area contributed by atoms with Gasteiger partial charge in [0.25, 0.3) is 5.91 Å². The van der Waals surface area contributed by atoms with Crippen LogP contribution in [0.15, 0.2) is 18.2 Å². The minimum absolute atomic E-state index is 0.0405. The largest absolute Gasteiger partial charge is 0.497 e. The zero-order valence-electron chi connectivity index (χ0n) is 16.6. The fourth-order valence-electron chi connectivity index (χ4n) is 2.82. The Morgan fingerprint density at radius 1 is 1.07 bits per heavy atom. The van der Waals surface area contributed by atoms with Crippen LogP contribution < -0.4 is 20.1 Å². The lowest BCUT2D eigenvalue weighted by Crippen LogP contribution is -2.15. The highest BCUT2D eigenvalue weighted by molar-refractivity contribution is 7.19. The van der Waals surface area contributed by atoms with Crippen molar-refractivity contribution in [1.82, 2.24) is 0 Å². The van der Waals surface area contributed by atoms with Gasteiger partial charge in [0.15, 0.2) is 0 Å². The first-order valence-corrected chi connectivity index (χ1v) is 9.77. The van der Waals surface area contributed by atoms with Gasteiger partial charge in [-0.25, -0.2) is 4.79 Å². The van der Waals surface area contributed by atoms with E-state index in [9.17, 15) is 14.4 Å². The van der Waals surface area contributed by atoms with E-state index in [2.05, 4.69) is 10.6 Å². The Balaban J connectivity index is 1.93. The topological polar surface area (TPSA) is 103 Å². The number of rotatable bonds is 7. The Hall–Kier alpha value is -3.07. The van der Waals surface area contributed by atoms with Gasteiger partial charge in [0, 0.05) is 12.0 Å². The van der Waals surface area contributed by atoms with Gasteiger partial charge in [0.2, 0.25) is 5.91 Å². The molecule has 0 radical (unpaired) electrons. The zero-order valence-corrected chi connectivity index (χ0v) is 17.4. The van der Waals surface area contributed by atoms with Crippen molar-refractivity contribution in [3.63, 3.8) is 0 Å². The molecule has 154 valence electrons. The number of hydrogen-bond donors (Lipinski definition) is 2. The number of carbonyl (C=O) groups is 3. The fourth-order valence-corrected chi connectivity index (χ4v) is 3.91. The van der Waals surface area contributed by atoms with Crippen LogP contribution in [0.4, 0.5) is 10.7 Å². The van der Waals surface area contributed by atoms with E-state index in [0.717, 1.165) is 24.2 Å². The molecule has 2 amide bonds. The highest BCUT2D eigenvalue weighted by Crippen LogP contribution is 2.37. The van der Waals surface area contributed by atoms with Crippen molar-refractivity contribution in [3.05, 3.63) is 34.2 Å². The summed E-state index contributed by atoms with van der Waals surface area (Å²) in [4.78, 5) is 37.7. The van der Waals surface area contributed by atoms with Gasteiger partial charge in [0.1, 0.15) is 16.5 Å². The molecule has 1 aliphatic carbocycles. The summed E-state index contributed by atoms with van der Waals surface area (Å²) >= 11 is 1.04. The number of amides is 2. The number of thiophene rings is 1. The maximum Gasteiger partial charge on any atom is 0.341 e. The van der Waals surface area contributed by atoms with Crippen LogP contribution in [0.5, 0.6) is 11.5 Å². The number of hydrogen-bond acceptors (Lipinski definition) is 7. The molecule has 0 atom stereocenters. The second-order valence-electron chi connectivity index (χ2n) is 6.54. The SMILES string of the molecule is COC(=O)c1c(NC(=O)C2CC2)sc(C(=O)Nc2cc(OC)ccc2OC)c1C. The molecule has 0 aliphatic heterocycles. The Bertz CT molecular complexity index is 964. The van der Waals surface area contributed by atoms with Crippen LogP contribution in [0.25, 0.3) is 0 Å². The van der Waals surface area contributed by atoms with E-state index in [4.69, 9.17) is 14.2 Å². The van der Waals surface area contributed by atoms with Crippen LogP contribution in [-0.4, -0.2) is 39.1 Å². The van der Waals surface area contributed by atoms with E-state index in [1.807, 2.05) is 0 Å². The summed E-state index contributed by atoms with van der Waals surface area (Å²) in [6.45, 7) is 1.65. The molecule has 1 aliphatic rings. The predicted octanol–water partition coefficient (Wildman–Crippen LogP) is 3.46. The highest BCUT2D eigenvalue weighted by atomic mass is 32.1. The molecule has 0 unspecified atom stereocenters. The quantitative estimate of drug-likeness (QED) is 0.668. The van der Waals surface area contributed by atoms with Gasteiger partial charge in [-0.1, -0.05) is 0 Å². The first-order chi connectivity index (χ1) is 13.9. The van der Waals surface area contributed by atoms with Gasteiger partial charge >= 0.3 is 5.97 Å². The Labute approximate surface area is 172 Å². The minimum atomic E-state index is -0.608. The number of esters is 1. The third-order valence-electron chi connectivity index (χ3n) is 4.58. The van der Waals surface area contributed by atoms with Gasteiger partial charge in [0.05, 0.1) is 37.5 Å². The van der Waals surface area contributed by atoms with Crippen molar-refractivity contribution in [2.24, 2.45) is 5.92 Å². The van der Waals surface area contributed by atoms with Gasteiger partial charge in [-0.15, -0.1) is 11.3 Å². The monoisotopic (exact) mass is 418 g/mol. The maximum absolute atomic E-state index is 12.9. The lowest BCUT2D eigenvalue weighted by Gasteiger charge is -2.11. The number of ether oxygens (including phenoxy) is 3. The van der Waals surface area contributed by atoms with Gasteiger partial charge in [-0.05, 0) is 37.5 Å². The van der Waals surface area contributed by atoms with Crippen LogP contribution in [0.3, 0.4) is 0 Å². The smallest absolute Gasteiger partial charge is 0.341 e. The molecular weight excluding hydrogens is 396 g/mol. The second-order valence-corrected chi connectivity index (χ2v) is 7.56. The van der Waals surface area contributed by atoms with E-state index < -0.39 is 11.9 Å². The number of carbonyl (C=O) groups excluding carboxylic acids is 3. The summed E-state index contributed by atoms with van der Waals surface area (Å²) in [5, 5.41) is 5.86. The molecule has 1 fully saturated rings. The Morgan fingerprint density at radius 3 is 2.38 bits per heavy atom. The molecule has 0 bridgehead atoms. The summed E-state index contributed by atoms with van der Waals surface area (Å²) < 4.78 is 15.3. The molecule has 2 aromatic rings. The molecule has 9 heteroatoms. The van der Waals surface area contributed by atoms with E-state index >= 15 is 0 Å². The lowest BCUT2D eigenvalue weighted by molar-refractivity contribution is -0.117. The first-order valence-electron chi connectivity index (χ1n) is 8.95. The van der Waals surface area contributed by atoms with Crippen LogP contribution in [0.2, 0.25) is 0 Å². The average molecular weight is 418 g/mol. The second kappa shape index (κ2) is 8.52. The van der Waals surface area contributed by atoms with Crippen molar-refractivity contribution >= 4 is 39.8 Å². The van der Waals surface area contributed by atoms with Gasteiger partial charge < -0.3 is 24.8 Å². The van der Waals surface area contributed by atoms with Crippen LogP contribution in [0.1, 0.15) is 38.4 Å². The molecular formula is C20H22N2O6S. The van der Waals surface area contributed by atoms with Gasteiger partial charge in [-0.3, -0.25) is 9.59 Å². The molecule has 1 saturated carbocycles. The highest BCUT2D eigenvalue weighted by Gasteiger charge is 2.32. The summed E-state index contributed by atoms with van der Waals surface area (Å²) in [7, 11) is 4.27. The third-order valence-corrected chi connectivity index (χ3v) is 5.79. The average Bonchev–Trinajstić information content (AvgIpc) is 3.52. The molecule has 0 saturated heterocycles. The molecule has 29 heavy (non-hydrogen) atoms. The Kier molecular flexibility index (Phi) is 6.07. The van der Waals surface area contributed by atoms with Gasteiger partial charge in [-0.2, -0.15) is 0 Å². The van der Waals surface area contributed by atoms with Crippen LogP contribution >= 0.6 is 11.3 Å². The van der Waals surface area contributed by atoms with E-state index in [1.54, 1.807) is 25.1 Å². The van der Waals surface area contributed by atoms with Crippen molar-refractivity contribution < 1.29 is 28.6 Å². The molecule has 1 aromatic heterocycles. The van der Waals surface area contributed by atoms with E-state index in [-0.39, 0.29) is 17.4 Å². The van der Waals surface area contributed by atoms with Crippen molar-refractivity contribution in [3.8, 4) is 11.5 Å². The summed E-state index contributed by atoms with van der Waals surface area (Å²) in [5.41, 5.74) is 1.05. The van der Waals surface area contributed by atoms with Crippen molar-refractivity contribution in [2.75, 3.05) is 32.0 Å². The summed E-state index contributed by atoms with van der Waals surface area (Å²) in [6.07, 6.45) is 1.65. The molecule has 8 nitrogen and oxygen atoms in total. The molecule has 1 heterocycles. The summed E-state index contributed by atoms with van der Waals surface area (Å²) in [5.74, 6) is -0.224. The molecule has 1 aromatic carbocycles. The fraction of sp³-hybridized carbons (Fsp3) is 0.350. The zero-order chi connectivity index (χ0) is 21.1. The number of methoxy groups -OCH3 is 3. The maximum atomic E-state index is 12.9. The number of anilines is 2. The van der Waals surface area contributed by atoms with Crippen LogP contribution in [-0.2, 0) is 9.53 Å². The lowest BCUT2D eigenvalue weighted by atomic mass is 10.1. The predicted molar refractivity (Wildman–Crippen MR) is 109 cm³/mol. The normalized spacial score (nSPS) is 12.8. The number of benzene rings is 1. The standard InChI is InChI=1S/C20H22N2O6S/c1-10-15(20(25)28-4)19(22-17(23)11-5-6-11)29-16(10)18(24)21-13-9-12(26-2)7-8-14(13)27-3/h7-9,11H,5-6H2,1-4H3,(H,21,24)(H,22,23). The van der Waals surface area contributed by atoms with E-state index in [1.165, 1.54) is 21.3 Å². The third kappa shape index (κ3) is 4.34. The summed E-state index contributed by atoms with van der Waals surface area (Å²) in [6, 6.07) is 5.03. The molecule has 3 rings (SSSR count). The van der Waals surface area contributed by atoms with E-state index in [0.29, 0.717) is 32.6 Å². The minimum Gasteiger partial charge on any atom is -0.497 e. The number of nitrogens with one attached hydrogen (secondary N) is 2. The molecule has 2 N–H and O–H groups in total. The van der Waals surface area contributed by atoms with Crippen molar-refractivity contribution in [2.45, 2.75) is 19.8 Å². The molecule has 0 spiro atoms. The first kappa shape index (κ1) is 20.7. The van der Waals surface area contributed by atoms with Crippen LogP contribution in [0, 0.1) is 12.8 Å². The van der Waals surface area contributed by atoms with Crippen molar-refractivity contribution in [1.29, 1.82) is 0 Å².